The van der Waals surface area contributed by atoms with Crippen LogP contribution in [-0.2, 0) is 10.8 Å². The van der Waals surface area contributed by atoms with Crippen LogP contribution in [0.2, 0.25) is 0 Å². The smallest absolute Gasteiger partial charge is 0.336 e. The molecule has 1 unspecified atom stereocenters. The highest BCUT2D eigenvalue weighted by Crippen LogP contribution is 2.20. The Labute approximate surface area is 110 Å². The van der Waals surface area contributed by atoms with E-state index in [1.54, 1.807) is 12.1 Å². The van der Waals surface area contributed by atoms with E-state index in [0.717, 1.165) is 0 Å². The van der Waals surface area contributed by atoms with Crippen LogP contribution < -0.4 is 0 Å². The number of hydrogen-bond donors (Lipinski definition) is 1. The molecule has 4 nitrogen and oxygen atoms in total. The van der Waals surface area contributed by atoms with Gasteiger partial charge in [0.25, 0.3) is 0 Å². The van der Waals surface area contributed by atoms with Gasteiger partial charge in [-0.2, -0.15) is 5.26 Å². The summed E-state index contributed by atoms with van der Waals surface area (Å²) in [6.45, 7) is 0. The van der Waals surface area contributed by atoms with Gasteiger partial charge >= 0.3 is 5.97 Å². The van der Waals surface area contributed by atoms with Crippen molar-refractivity contribution in [1.82, 2.24) is 0 Å². The minimum atomic E-state index is -1.26. The standard InChI is InChI=1S/C11H10BrNO3S/c12-10-4-3-8(7-9(10)11(14)15)17(16)6-2-1-5-13/h3-4,7H,1-2,6H2,(H,14,15). The fraction of sp³-hybridized carbons (Fsp3) is 0.273. The van der Waals surface area contributed by atoms with Gasteiger partial charge in [0.2, 0.25) is 0 Å². The second-order valence-corrected chi connectivity index (χ2v) is 5.68. The number of aromatic carboxylic acids is 1. The zero-order valence-electron chi connectivity index (χ0n) is 8.85. The van der Waals surface area contributed by atoms with Crippen molar-refractivity contribution < 1.29 is 14.1 Å². The van der Waals surface area contributed by atoms with Gasteiger partial charge in [0.15, 0.2) is 0 Å². The molecule has 0 aliphatic heterocycles. The molecular formula is C11H10BrNO3S. The average Bonchev–Trinajstić information content (AvgIpc) is 2.29. The Morgan fingerprint density at radius 3 is 2.82 bits per heavy atom. The zero-order valence-corrected chi connectivity index (χ0v) is 11.3. The largest absolute Gasteiger partial charge is 0.478 e. The fourth-order valence-electron chi connectivity index (χ4n) is 1.21. The van der Waals surface area contributed by atoms with Gasteiger partial charge in [0.05, 0.1) is 22.4 Å². The Bertz CT molecular complexity index is 496. The first kappa shape index (κ1) is 13.9. The summed E-state index contributed by atoms with van der Waals surface area (Å²) in [5.41, 5.74) is 0.0936. The first-order valence-corrected chi connectivity index (χ1v) is 6.95. The quantitative estimate of drug-likeness (QED) is 0.847. The molecule has 0 radical (unpaired) electrons. The Balaban J connectivity index is 2.85. The van der Waals surface area contributed by atoms with Crippen LogP contribution in [-0.4, -0.2) is 21.0 Å². The number of rotatable bonds is 5. The summed E-state index contributed by atoms with van der Waals surface area (Å²) < 4.78 is 12.3. The van der Waals surface area contributed by atoms with Gasteiger partial charge in [0, 0.05) is 21.5 Å². The predicted octanol–water partition coefficient (Wildman–Crippen LogP) is 2.56. The van der Waals surface area contributed by atoms with Crippen LogP contribution in [0.25, 0.3) is 0 Å². The Morgan fingerprint density at radius 1 is 1.53 bits per heavy atom. The molecule has 0 spiro atoms. The van der Waals surface area contributed by atoms with Crippen LogP contribution in [0.3, 0.4) is 0 Å². The van der Waals surface area contributed by atoms with Gasteiger partial charge < -0.3 is 5.11 Å². The number of unbranched alkanes of at least 4 members (excludes halogenated alkanes) is 1. The number of carboxylic acid groups (broad SMARTS) is 1. The highest BCUT2D eigenvalue weighted by atomic mass is 79.9. The molecule has 0 heterocycles. The molecule has 1 atom stereocenters. The van der Waals surface area contributed by atoms with Gasteiger partial charge in [-0.25, -0.2) is 4.79 Å². The van der Waals surface area contributed by atoms with E-state index in [0.29, 0.717) is 28.0 Å². The van der Waals surface area contributed by atoms with Gasteiger partial charge in [0.1, 0.15) is 0 Å². The molecule has 0 aliphatic rings. The third kappa shape index (κ3) is 3.95. The second-order valence-electron chi connectivity index (χ2n) is 3.26. The highest BCUT2D eigenvalue weighted by molar-refractivity contribution is 9.10. The maximum atomic E-state index is 11.8. The molecule has 1 rings (SSSR count). The topological polar surface area (TPSA) is 78.2 Å². The highest BCUT2D eigenvalue weighted by Gasteiger charge is 2.12. The van der Waals surface area contributed by atoms with Crippen molar-refractivity contribution in [3.05, 3.63) is 28.2 Å². The van der Waals surface area contributed by atoms with E-state index >= 15 is 0 Å². The van der Waals surface area contributed by atoms with Gasteiger partial charge in [-0.05, 0) is 40.5 Å². The van der Waals surface area contributed by atoms with Gasteiger partial charge in [-0.3, -0.25) is 4.21 Å². The molecule has 0 fully saturated rings. The van der Waals surface area contributed by atoms with Crippen molar-refractivity contribution in [2.24, 2.45) is 0 Å². The number of nitrogens with zero attached hydrogens (tertiary/aromatic N) is 1. The average molecular weight is 316 g/mol. The first-order valence-electron chi connectivity index (χ1n) is 4.84. The molecule has 90 valence electrons. The lowest BCUT2D eigenvalue weighted by Crippen LogP contribution is -2.02. The third-order valence-corrected chi connectivity index (χ3v) is 4.18. The first-order chi connectivity index (χ1) is 8.06. The number of carbonyl (C=O) groups is 1. The minimum Gasteiger partial charge on any atom is -0.478 e. The van der Waals surface area contributed by atoms with E-state index in [9.17, 15) is 9.00 Å². The Kier molecular flexibility index (Phi) is 5.32. The lowest BCUT2D eigenvalue weighted by atomic mass is 10.2. The summed E-state index contributed by atoms with van der Waals surface area (Å²) in [5.74, 6) is -0.693. The maximum Gasteiger partial charge on any atom is 0.336 e. The molecule has 0 saturated heterocycles. The second kappa shape index (κ2) is 6.52. The van der Waals surface area contributed by atoms with Crippen molar-refractivity contribution in [2.75, 3.05) is 5.75 Å². The van der Waals surface area contributed by atoms with Crippen LogP contribution >= 0.6 is 15.9 Å². The molecule has 6 heteroatoms. The fourth-order valence-corrected chi connectivity index (χ4v) is 2.74. The number of halogens is 1. The third-order valence-electron chi connectivity index (χ3n) is 2.05. The van der Waals surface area contributed by atoms with E-state index in [1.807, 2.05) is 6.07 Å². The summed E-state index contributed by atoms with van der Waals surface area (Å²) in [6, 6.07) is 6.57. The molecule has 0 saturated carbocycles. The van der Waals surface area contributed by atoms with E-state index in [2.05, 4.69) is 15.9 Å². The minimum absolute atomic E-state index is 0.0936. The molecule has 0 bridgehead atoms. The predicted molar refractivity (Wildman–Crippen MR) is 67.2 cm³/mol. The molecule has 0 aliphatic carbocycles. The van der Waals surface area contributed by atoms with Crippen LogP contribution in [0.15, 0.2) is 27.6 Å². The van der Waals surface area contributed by atoms with Crippen molar-refractivity contribution in [2.45, 2.75) is 17.7 Å². The van der Waals surface area contributed by atoms with Crippen LogP contribution in [0, 0.1) is 11.3 Å². The van der Waals surface area contributed by atoms with Crippen molar-refractivity contribution in [3.8, 4) is 6.07 Å². The normalized spacial score (nSPS) is 11.8. The number of benzene rings is 1. The maximum absolute atomic E-state index is 11.8. The monoisotopic (exact) mass is 315 g/mol. The van der Waals surface area contributed by atoms with E-state index in [4.69, 9.17) is 10.4 Å². The lowest BCUT2D eigenvalue weighted by molar-refractivity contribution is 0.0695. The molecule has 1 aromatic rings. The Morgan fingerprint density at radius 2 is 2.24 bits per heavy atom. The molecule has 1 N–H and O–H groups in total. The summed E-state index contributed by atoms with van der Waals surface area (Å²) in [7, 11) is -1.26. The van der Waals surface area contributed by atoms with Crippen LogP contribution in [0.5, 0.6) is 0 Å². The summed E-state index contributed by atoms with van der Waals surface area (Å²) >= 11 is 3.12. The molecule has 17 heavy (non-hydrogen) atoms. The molecule has 0 amide bonds. The number of nitriles is 1. The van der Waals surface area contributed by atoms with Gasteiger partial charge in [-0.15, -0.1) is 0 Å². The Hall–Kier alpha value is -1.19. The van der Waals surface area contributed by atoms with Gasteiger partial charge in [-0.1, -0.05) is 0 Å². The SMILES string of the molecule is N#CCCCS(=O)c1ccc(Br)c(C(=O)O)c1. The van der Waals surface area contributed by atoms with Crippen molar-refractivity contribution >= 4 is 32.7 Å². The molecule has 1 aromatic carbocycles. The van der Waals surface area contributed by atoms with Crippen LogP contribution in [0.1, 0.15) is 23.2 Å². The number of carboxylic acids is 1. The zero-order chi connectivity index (χ0) is 12.8. The summed E-state index contributed by atoms with van der Waals surface area (Å²) in [5, 5.41) is 17.3. The molecular weight excluding hydrogens is 306 g/mol. The summed E-state index contributed by atoms with van der Waals surface area (Å²) in [4.78, 5) is 11.4. The van der Waals surface area contributed by atoms with E-state index in [-0.39, 0.29) is 5.56 Å². The van der Waals surface area contributed by atoms with Crippen LogP contribution in [0.4, 0.5) is 0 Å². The van der Waals surface area contributed by atoms with E-state index in [1.165, 1.54) is 6.07 Å². The van der Waals surface area contributed by atoms with Crippen molar-refractivity contribution in [3.63, 3.8) is 0 Å². The van der Waals surface area contributed by atoms with E-state index < -0.39 is 16.8 Å². The lowest BCUT2D eigenvalue weighted by Gasteiger charge is -2.04. The van der Waals surface area contributed by atoms with Crippen molar-refractivity contribution in [1.29, 1.82) is 5.26 Å². The number of hydrogen-bond acceptors (Lipinski definition) is 3. The molecule has 0 aromatic heterocycles. The summed E-state index contributed by atoms with van der Waals surface area (Å²) in [6.07, 6.45) is 0.898.